The molecule has 0 spiro atoms. The standard InChI is InChI=1S/C27H33NO4/c1-4-5-6-7-8-9-10-11-16-32-27(31)21-13-14-22-23(18-21)26(30)28(25(22)29)24-15-12-19(2)17-20(24)3/h12-15,17-18H,4-11,16H2,1-3H3. The van der Waals surface area contributed by atoms with Crippen molar-refractivity contribution in [1.29, 1.82) is 0 Å². The molecule has 0 atom stereocenters. The minimum absolute atomic E-state index is 0.247. The van der Waals surface area contributed by atoms with Crippen LogP contribution >= 0.6 is 0 Å². The molecule has 0 N–H and O–H groups in total. The Labute approximate surface area is 190 Å². The number of ether oxygens (including phenoxy) is 1. The highest BCUT2D eigenvalue weighted by Gasteiger charge is 2.37. The summed E-state index contributed by atoms with van der Waals surface area (Å²) in [5.41, 5.74) is 3.34. The number of amides is 2. The number of nitrogens with zero attached hydrogens (tertiary/aromatic N) is 1. The van der Waals surface area contributed by atoms with Gasteiger partial charge in [0.1, 0.15) is 0 Å². The van der Waals surface area contributed by atoms with E-state index in [0.29, 0.717) is 23.4 Å². The minimum atomic E-state index is -0.457. The Kier molecular flexibility index (Phi) is 8.20. The lowest BCUT2D eigenvalue weighted by Gasteiger charge is -2.16. The number of unbranched alkanes of at least 4 members (excludes halogenated alkanes) is 7. The first-order valence-corrected chi connectivity index (χ1v) is 11.7. The molecule has 0 saturated heterocycles. The number of carbonyl (C=O) groups excluding carboxylic acids is 3. The summed E-state index contributed by atoms with van der Waals surface area (Å²) >= 11 is 0. The van der Waals surface area contributed by atoms with E-state index >= 15 is 0 Å². The normalized spacial score (nSPS) is 12.9. The molecule has 0 unspecified atom stereocenters. The number of carbonyl (C=O) groups is 3. The van der Waals surface area contributed by atoms with Crippen molar-refractivity contribution in [1.82, 2.24) is 0 Å². The highest BCUT2D eigenvalue weighted by molar-refractivity contribution is 6.34. The molecular formula is C27H33NO4. The van der Waals surface area contributed by atoms with Crippen molar-refractivity contribution in [2.24, 2.45) is 0 Å². The van der Waals surface area contributed by atoms with Gasteiger partial charge in [-0.2, -0.15) is 0 Å². The predicted octanol–water partition coefficient (Wildman–Crippen LogP) is 6.40. The average Bonchev–Trinajstić information content (AvgIpc) is 3.02. The second-order valence-electron chi connectivity index (χ2n) is 8.61. The van der Waals surface area contributed by atoms with Crippen LogP contribution in [0, 0.1) is 13.8 Å². The lowest BCUT2D eigenvalue weighted by atomic mass is 10.1. The van der Waals surface area contributed by atoms with E-state index in [-0.39, 0.29) is 11.5 Å². The summed E-state index contributed by atoms with van der Waals surface area (Å²) in [6.07, 6.45) is 9.39. The van der Waals surface area contributed by atoms with Gasteiger partial charge in [0, 0.05) is 0 Å². The van der Waals surface area contributed by atoms with Crippen LogP contribution in [-0.4, -0.2) is 24.4 Å². The smallest absolute Gasteiger partial charge is 0.338 e. The number of fused-ring (bicyclic) bond motifs is 1. The lowest BCUT2D eigenvalue weighted by molar-refractivity contribution is 0.0497. The van der Waals surface area contributed by atoms with Gasteiger partial charge in [-0.15, -0.1) is 0 Å². The second kappa shape index (κ2) is 11.1. The molecule has 2 amide bonds. The van der Waals surface area contributed by atoms with E-state index in [4.69, 9.17) is 4.74 Å². The maximum absolute atomic E-state index is 13.0. The van der Waals surface area contributed by atoms with Crippen molar-refractivity contribution in [3.8, 4) is 0 Å². The molecule has 0 aliphatic carbocycles. The van der Waals surface area contributed by atoms with Crippen LogP contribution in [-0.2, 0) is 4.74 Å². The molecule has 1 heterocycles. The Morgan fingerprint density at radius 3 is 2.16 bits per heavy atom. The fourth-order valence-corrected chi connectivity index (χ4v) is 4.13. The van der Waals surface area contributed by atoms with E-state index in [2.05, 4.69) is 6.92 Å². The number of esters is 1. The van der Waals surface area contributed by atoms with E-state index < -0.39 is 11.9 Å². The third-order valence-electron chi connectivity index (χ3n) is 5.95. The van der Waals surface area contributed by atoms with Crippen molar-refractivity contribution in [2.45, 2.75) is 72.1 Å². The largest absolute Gasteiger partial charge is 0.462 e. The summed E-state index contributed by atoms with van der Waals surface area (Å²) in [6, 6.07) is 10.2. The van der Waals surface area contributed by atoms with Gasteiger partial charge in [0.25, 0.3) is 11.8 Å². The number of hydrogen-bond donors (Lipinski definition) is 0. The molecule has 0 saturated carbocycles. The molecule has 0 radical (unpaired) electrons. The zero-order valence-corrected chi connectivity index (χ0v) is 19.4. The molecule has 0 aromatic heterocycles. The third kappa shape index (κ3) is 5.45. The Hall–Kier alpha value is -2.95. The van der Waals surface area contributed by atoms with Crippen LogP contribution in [0.2, 0.25) is 0 Å². The maximum Gasteiger partial charge on any atom is 0.338 e. The Balaban J connectivity index is 1.56. The highest BCUT2D eigenvalue weighted by Crippen LogP contribution is 2.31. The molecule has 2 aromatic carbocycles. The number of anilines is 1. The van der Waals surface area contributed by atoms with Gasteiger partial charge in [0.15, 0.2) is 0 Å². The van der Waals surface area contributed by atoms with E-state index in [1.165, 1.54) is 43.1 Å². The van der Waals surface area contributed by atoms with Crippen molar-refractivity contribution in [2.75, 3.05) is 11.5 Å². The van der Waals surface area contributed by atoms with Gasteiger partial charge in [-0.3, -0.25) is 9.59 Å². The monoisotopic (exact) mass is 435 g/mol. The molecule has 0 fully saturated rings. The first-order valence-electron chi connectivity index (χ1n) is 11.7. The number of imide groups is 1. The quantitative estimate of drug-likeness (QED) is 0.233. The van der Waals surface area contributed by atoms with Gasteiger partial charge >= 0.3 is 5.97 Å². The van der Waals surface area contributed by atoms with E-state index in [0.717, 1.165) is 30.4 Å². The predicted molar refractivity (Wildman–Crippen MR) is 126 cm³/mol. The van der Waals surface area contributed by atoms with Gasteiger partial charge < -0.3 is 4.74 Å². The van der Waals surface area contributed by atoms with Crippen molar-refractivity contribution in [3.63, 3.8) is 0 Å². The van der Waals surface area contributed by atoms with Crippen LogP contribution in [0.3, 0.4) is 0 Å². The van der Waals surface area contributed by atoms with Crippen LogP contribution in [0.5, 0.6) is 0 Å². The van der Waals surface area contributed by atoms with Gasteiger partial charge in [-0.25, -0.2) is 9.69 Å². The molecule has 170 valence electrons. The molecule has 32 heavy (non-hydrogen) atoms. The Morgan fingerprint density at radius 2 is 1.47 bits per heavy atom. The summed E-state index contributed by atoms with van der Waals surface area (Å²) in [5, 5.41) is 0. The van der Waals surface area contributed by atoms with Gasteiger partial charge in [-0.1, -0.05) is 69.6 Å². The zero-order chi connectivity index (χ0) is 23.1. The number of aryl methyl sites for hydroxylation is 2. The first kappa shape index (κ1) is 23.7. The summed E-state index contributed by atoms with van der Waals surface area (Å²) in [4.78, 5) is 39.5. The topological polar surface area (TPSA) is 63.7 Å². The average molecular weight is 436 g/mol. The minimum Gasteiger partial charge on any atom is -0.462 e. The van der Waals surface area contributed by atoms with Crippen LogP contribution < -0.4 is 4.90 Å². The number of hydrogen-bond acceptors (Lipinski definition) is 4. The van der Waals surface area contributed by atoms with Crippen LogP contribution in [0.25, 0.3) is 0 Å². The number of benzene rings is 2. The Morgan fingerprint density at radius 1 is 0.812 bits per heavy atom. The Bertz CT molecular complexity index is 995. The van der Waals surface area contributed by atoms with Crippen molar-refractivity contribution < 1.29 is 19.1 Å². The van der Waals surface area contributed by atoms with Crippen LogP contribution in [0.15, 0.2) is 36.4 Å². The zero-order valence-electron chi connectivity index (χ0n) is 19.4. The van der Waals surface area contributed by atoms with E-state index in [9.17, 15) is 14.4 Å². The lowest BCUT2D eigenvalue weighted by Crippen LogP contribution is -2.30. The molecule has 0 bridgehead atoms. The third-order valence-corrected chi connectivity index (χ3v) is 5.95. The summed E-state index contributed by atoms with van der Waals surface area (Å²) in [5.74, 6) is -1.23. The molecule has 5 heteroatoms. The maximum atomic E-state index is 13.0. The fourth-order valence-electron chi connectivity index (χ4n) is 4.13. The highest BCUT2D eigenvalue weighted by atomic mass is 16.5. The number of rotatable bonds is 11. The molecule has 1 aliphatic rings. The van der Waals surface area contributed by atoms with E-state index in [1.54, 1.807) is 18.2 Å². The molecular weight excluding hydrogens is 402 g/mol. The molecule has 5 nitrogen and oxygen atoms in total. The first-order chi connectivity index (χ1) is 15.4. The fraction of sp³-hybridized carbons (Fsp3) is 0.444. The molecule has 1 aliphatic heterocycles. The summed E-state index contributed by atoms with van der Waals surface area (Å²) in [7, 11) is 0. The van der Waals surface area contributed by atoms with Gasteiger partial charge in [0.2, 0.25) is 0 Å². The van der Waals surface area contributed by atoms with Crippen molar-refractivity contribution in [3.05, 3.63) is 64.2 Å². The summed E-state index contributed by atoms with van der Waals surface area (Å²) in [6.45, 7) is 6.42. The van der Waals surface area contributed by atoms with Gasteiger partial charge in [0.05, 0.1) is 29.0 Å². The van der Waals surface area contributed by atoms with Gasteiger partial charge in [-0.05, 0) is 50.1 Å². The van der Waals surface area contributed by atoms with Crippen LogP contribution in [0.4, 0.5) is 5.69 Å². The molecule has 2 aromatic rings. The SMILES string of the molecule is CCCCCCCCCCOC(=O)c1ccc2c(c1)C(=O)N(c1ccc(C)cc1C)C2=O. The second-order valence-corrected chi connectivity index (χ2v) is 8.61. The summed E-state index contributed by atoms with van der Waals surface area (Å²) < 4.78 is 5.39. The van der Waals surface area contributed by atoms with Crippen LogP contribution in [0.1, 0.15) is 100 Å². The van der Waals surface area contributed by atoms with Crippen molar-refractivity contribution >= 4 is 23.5 Å². The molecule has 3 rings (SSSR count). The van der Waals surface area contributed by atoms with E-state index in [1.807, 2.05) is 26.0 Å².